The molecule has 0 N–H and O–H groups in total. The summed E-state index contributed by atoms with van der Waals surface area (Å²) in [6.45, 7) is 2.22. The highest BCUT2D eigenvalue weighted by atomic mass is 19.4. The molecule has 0 atom stereocenters. The lowest BCUT2D eigenvalue weighted by Gasteiger charge is -2.07. The average Bonchev–Trinajstić information content (AvgIpc) is 3.05. The maximum absolute atomic E-state index is 12.4. The van der Waals surface area contributed by atoms with E-state index in [1.54, 1.807) is 12.4 Å². The minimum absolute atomic E-state index is 0.190. The van der Waals surface area contributed by atoms with Gasteiger partial charge in [-0.3, -0.25) is 4.98 Å². The normalized spacial score (nSPS) is 11.5. The van der Waals surface area contributed by atoms with Gasteiger partial charge in [0.2, 0.25) is 11.7 Å². The Bertz CT molecular complexity index is 831. The quantitative estimate of drug-likeness (QED) is 0.727. The third kappa shape index (κ3) is 3.50. The van der Waals surface area contributed by atoms with E-state index >= 15 is 0 Å². The van der Waals surface area contributed by atoms with E-state index in [1.807, 2.05) is 13.0 Å². The van der Waals surface area contributed by atoms with Gasteiger partial charge in [-0.15, -0.1) is 0 Å². The van der Waals surface area contributed by atoms with Crippen molar-refractivity contribution in [3.8, 4) is 17.3 Å². The predicted octanol–water partition coefficient (Wildman–Crippen LogP) is 3.43. The molecule has 0 bridgehead atoms. The molecule has 0 spiro atoms. The molecule has 0 radical (unpaired) electrons. The summed E-state index contributed by atoms with van der Waals surface area (Å²) >= 11 is 0. The molecule has 0 amide bonds. The molecule has 0 aliphatic rings. The number of ether oxygens (including phenoxy) is 1. The summed E-state index contributed by atoms with van der Waals surface area (Å²) in [6, 6.07) is 4.89. The zero-order chi connectivity index (χ0) is 17.2. The number of aryl methyl sites for hydroxylation is 1. The van der Waals surface area contributed by atoms with Crippen LogP contribution in [0.15, 0.2) is 41.3 Å². The van der Waals surface area contributed by atoms with E-state index in [1.165, 1.54) is 18.3 Å². The van der Waals surface area contributed by atoms with Crippen molar-refractivity contribution in [2.75, 3.05) is 0 Å². The largest absolute Gasteiger partial charge is 0.473 e. The van der Waals surface area contributed by atoms with E-state index in [0.717, 1.165) is 11.1 Å². The molecule has 0 saturated heterocycles. The van der Waals surface area contributed by atoms with E-state index in [4.69, 9.17) is 4.74 Å². The van der Waals surface area contributed by atoms with Crippen LogP contribution in [0.1, 0.15) is 17.0 Å². The minimum atomic E-state index is -4.68. The molecule has 24 heavy (non-hydrogen) atoms. The molecule has 0 aliphatic carbocycles. The summed E-state index contributed by atoms with van der Waals surface area (Å²) in [4.78, 5) is 11.3. The summed E-state index contributed by atoms with van der Waals surface area (Å²) in [7, 11) is 0. The lowest BCUT2D eigenvalue weighted by atomic mass is 10.2. The Morgan fingerprint density at radius 3 is 2.62 bits per heavy atom. The van der Waals surface area contributed by atoms with Gasteiger partial charge >= 0.3 is 12.1 Å². The smallest absolute Gasteiger partial charge is 0.471 e. The molecule has 9 heteroatoms. The number of alkyl halides is 3. The van der Waals surface area contributed by atoms with Gasteiger partial charge in [0.05, 0.1) is 0 Å². The second-order valence-corrected chi connectivity index (χ2v) is 4.90. The Morgan fingerprint density at radius 2 is 2.00 bits per heavy atom. The average molecular weight is 336 g/mol. The molecule has 6 nitrogen and oxygen atoms in total. The van der Waals surface area contributed by atoms with Gasteiger partial charge in [0.15, 0.2) is 0 Å². The maximum Gasteiger partial charge on any atom is 0.471 e. The van der Waals surface area contributed by atoms with Crippen molar-refractivity contribution in [3.63, 3.8) is 0 Å². The Balaban J connectivity index is 1.69. The van der Waals surface area contributed by atoms with E-state index in [0.29, 0.717) is 11.4 Å². The summed E-state index contributed by atoms with van der Waals surface area (Å²) in [5.74, 6) is -1.27. The van der Waals surface area contributed by atoms with Crippen LogP contribution < -0.4 is 4.74 Å². The molecule has 3 aromatic rings. The topological polar surface area (TPSA) is 73.9 Å². The number of halogens is 3. The van der Waals surface area contributed by atoms with Crippen molar-refractivity contribution in [2.45, 2.75) is 19.7 Å². The first kappa shape index (κ1) is 15.9. The summed E-state index contributed by atoms with van der Waals surface area (Å²) in [5, 5.41) is 3.29. The minimum Gasteiger partial charge on any atom is -0.473 e. The lowest BCUT2D eigenvalue weighted by Crippen LogP contribution is -2.04. The van der Waals surface area contributed by atoms with Gasteiger partial charge in [-0.05, 0) is 24.6 Å². The van der Waals surface area contributed by atoms with Crippen molar-refractivity contribution < 1.29 is 22.4 Å². The zero-order valence-corrected chi connectivity index (χ0v) is 12.4. The van der Waals surface area contributed by atoms with Gasteiger partial charge < -0.3 is 9.26 Å². The van der Waals surface area contributed by atoms with Crippen molar-refractivity contribution >= 4 is 0 Å². The molecule has 0 aliphatic heterocycles. The highest BCUT2D eigenvalue weighted by molar-refractivity contribution is 5.53. The number of nitrogens with zero attached hydrogens (tertiary/aromatic N) is 4. The first-order valence-electron chi connectivity index (χ1n) is 6.83. The summed E-state index contributed by atoms with van der Waals surface area (Å²) in [5.41, 5.74) is 2.24. The summed E-state index contributed by atoms with van der Waals surface area (Å²) in [6.07, 6.45) is 0.0213. The van der Waals surface area contributed by atoms with Crippen LogP contribution in [0, 0.1) is 6.92 Å². The molecular formula is C15H11F3N4O2. The fourth-order valence-electron chi connectivity index (χ4n) is 1.85. The highest BCUT2D eigenvalue weighted by Gasteiger charge is 2.38. The number of aromatic nitrogens is 4. The van der Waals surface area contributed by atoms with Crippen LogP contribution in [0.25, 0.3) is 11.4 Å². The first-order chi connectivity index (χ1) is 11.4. The number of hydrogen-bond acceptors (Lipinski definition) is 6. The molecule has 3 aromatic heterocycles. The molecule has 0 fully saturated rings. The highest BCUT2D eigenvalue weighted by Crippen LogP contribution is 2.29. The van der Waals surface area contributed by atoms with E-state index in [9.17, 15) is 13.2 Å². The maximum atomic E-state index is 12.4. The van der Waals surface area contributed by atoms with Crippen molar-refractivity contribution in [1.82, 2.24) is 20.1 Å². The van der Waals surface area contributed by atoms with Gasteiger partial charge in [0, 0.05) is 35.8 Å². The standard InChI is InChI=1S/C15H11F3N4O2/c1-9-4-5-19-6-11(9)8-23-12-3-2-10(7-20-12)13-21-14(24-22-13)15(16,17)18/h2-7H,8H2,1H3. The lowest BCUT2D eigenvalue weighted by molar-refractivity contribution is -0.159. The van der Waals surface area contributed by atoms with Gasteiger partial charge in [-0.1, -0.05) is 5.16 Å². The molecule has 0 saturated carbocycles. The van der Waals surface area contributed by atoms with Gasteiger partial charge in [0.25, 0.3) is 0 Å². The fourth-order valence-corrected chi connectivity index (χ4v) is 1.85. The molecule has 0 unspecified atom stereocenters. The summed E-state index contributed by atoms with van der Waals surface area (Å²) < 4.78 is 47.0. The fraction of sp³-hybridized carbons (Fsp3) is 0.200. The van der Waals surface area contributed by atoms with Crippen molar-refractivity contribution in [3.05, 3.63) is 53.8 Å². The number of rotatable bonds is 4. The Hall–Kier alpha value is -2.97. The van der Waals surface area contributed by atoms with Crippen molar-refractivity contribution in [2.24, 2.45) is 0 Å². The number of hydrogen-bond donors (Lipinski definition) is 0. The van der Waals surface area contributed by atoms with E-state index < -0.39 is 12.1 Å². The monoisotopic (exact) mass is 336 g/mol. The zero-order valence-electron chi connectivity index (χ0n) is 12.4. The SMILES string of the molecule is Cc1ccncc1COc1ccc(-c2noc(C(F)(F)F)n2)cn1. The predicted molar refractivity (Wildman–Crippen MR) is 75.8 cm³/mol. The van der Waals surface area contributed by atoms with Crippen LogP contribution in [0.5, 0.6) is 5.88 Å². The third-order valence-corrected chi connectivity index (χ3v) is 3.19. The molecular weight excluding hydrogens is 325 g/mol. The third-order valence-electron chi connectivity index (χ3n) is 3.19. The molecule has 124 valence electrons. The van der Waals surface area contributed by atoms with Crippen LogP contribution >= 0.6 is 0 Å². The molecule has 0 aromatic carbocycles. The van der Waals surface area contributed by atoms with Crippen LogP contribution in [0.3, 0.4) is 0 Å². The van der Waals surface area contributed by atoms with Gasteiger partial charge in [-0.25, -0.2) is 4.98 Å². The molecule has 3 heterocycles. The second-order valence-electron chi connectivity index (χ2n) is 4.90. The van der Waals surface area contributed by atoms with E-state index in [-0.39, 0.29) is 12.4 Å². The van der Waals surface area contributed by atoms with E-state index in [2.05, 4.69) is 24.6 Å². The Morgan fingerprint density at radius 1 is 1.17 bits per heavy atom. The molecule has 3 rings (SSSR count). The van der Waals surface area contributed by atoms with Crippen LogP contribution in [0.2, 0.25) is 0 Å². The van der Waals surface area contributed by atoms with Crippen LogP contribution in [-0.4, -0.2) is 20.1 Å². The van der Waals surface area contributed by atoms with Gasteiger partial charge in [-0.2, -0.15) is 18.2 Å². The second kappa shape index (κ2) is 6.26. The first-order valence-corrected chi connectivity index (χ1v) is 6.83. The Kier molecular flexibility index (Phi) is 4.15. The van der Waals surface area contributed by atoms with Crippen molar-refractivity contribution in [1.29, 1.82) is 0 Å². The van der Waals surface area contributed by atoms with Crippen LogP contribution in [-0.2, 0) is 12.8 Å². The van der Waals surface area contributed by atoms with Gasteiger partial charge in [0.1, 0.15) is 6.61 Å². The number of pyridine rings is 2. The Labute approximate surface area is 134 Å². The van der Waals surface area contributed by atoms with Crippen LogP contribution in [0.4, 0.5) is 13.2 Å².